The van der Waals surface area contributed by atoms with Gasteiger partial charge < -0.3 is 10.4 Å². The lowest BCUT2D eigenvalue weighted by Crippen LogP contribution is -2.24. The van der Waals surface area contributed by atoms with Crippen LogP contribution >= 0.6 is 43.5 Å². The summed E-state index contributed by atoms with van der Waals surface area (Å²) in [7, 11) is -1.55. The fourth-order valence-electron chi connectivity index (χ4n) is 3.40. The Hall–Kier alpha value is -2.20. The summed E-state index contributed by atoms with van der Waals surface area (Å²) in [4.78, 5) is 24.9. The molecule has 0 bridgehead atoms. The van der Waals surface area contributed by atoms with Gasteiger partial charge in [-0.3, -0.25) is 9.10 Å². The topological polar surface area (TPSA) is 86.7 Å². The van der Waals surface area contributed by atoms with Gasteiger partial charge in [0.05, 0.1) is 27.4 Å². The Labute approximate surface area is 208 Å². The highest BCUT2D eigenvalue weighted by molar-refractivity contribution is 9.10. The molecular formula is C22H15Br2ClN2O4S. The molecule has 1 amide bonds. The van der Waals surface area contributed by atoms with E-state index in [0.717, 1.165) is 17.7 Å². The third-order valence-corrected chi connectivity index (χ3v) is 7.80. The Kier molecular flexibility index (Phi) is 6.71. The van der Waals surface area contributed by atoms with E-state index in [9.17, 15) is 18.9 Å². The number of nitrogens with zero attached hydrogens (tertiary/aromatic N) is 1. The van der Waals surface area contributed by atoms with Crippen LogP contribution in [0.2, 0.25) is 5.02 Å². The quantitative estimate of drug-likeness (QED) is 0.383. The van der Waals surface area contributed by atoms with Gasteiger partial charge >= 0.3 is 5.97 Å². The average molecular weight is 599 g/mol. The molecule has 164 valence electrons. The van der Waals surface area contributed by atoms with Crippen LogP contribution in [0.15, 0.2) is 68.4 Å². The number of carbonyl (C=O) groups excluding carboxylic acids is 1. The Bertz CT molecular complexity index is 1280. The molecule has 3 aromatic rings. The zero-order valence-electron chi connectivity index (χ0n) is 16.3. The van der Waals surface area contributed by atoms with Crippen LogP contribution in [-0.4, -0.2) is 27.7 Å². The second-order valence-corrected chi connectivity index (χ2v) is 10.6. The number of anilines is 2. The van der Waals surface area contributed by atoms with Crippen molar-refractivity contribution in [3.8, 4) is 0 Å². The number of hydrogen-bond donors (Lipinski definition) is 2. The average Bonchev–Trinajstić information content (AvgIpc) is 3.17. The van der Waals surface area contributed by atoms with Crippen LogP contribution in [-0.2, 0) is 17.4 Å². The molecule has 0 aromatic heterocycles. The van der Waals surface area contributed by atoms with E-state index in [-0.39, 0.29) is 16.8 Å². The van der Waals surface area contributed by atoms with E-state index in [4.69, 9.17) is 11.6 Å². The fourth-order valence-corrected chi connectivity index (χ4v) is 5.62. The lowest BCUT2D eigenvalue weighted by Gasteiger charge is -2.19. The summed E-state index contributed by atoms with van der Waals surface area (Å²) in [6.45, 7) is 0.570. The smallest absolute Gasteiger partial charge is 0.337 e. The monoisotopic (exact) mass is 596 g/mol. The van der Waals surface area contributed by atoms with Crippen LogP contribution in [0.1, 0.15) is 26.3 Å². The minimum atomic E-state index is -1.55. The number of benzene rings is 3. The third-order valence-electron chi connectivity index (χ3n) is 4.94. The number of nitrogens with one attached hydrogen (secondary N) is 1. The summed E-state index contributed by atoms with van der Waals surface area (Å²) >= 11 is 12.7. The molecule has 10 heteroatoms. The van der Waals surface area contributed by atoms with Crippen molar-refractivity contribution < 1.29 is 18.9 Å². The molecule has 6 nitrogen and oxygen atoms in total. The summed E-state index contributed by atoms with van der Waals surface area (Å²) in [5.41, 5.74) is 2.22. The minimum Gasteiger partial charge on any atom is -0.478 e. The maximum Gasteiger partial charge on any atom is 0.337 e. The standard InChI is InChI=1S/C22H15Br2ClN2O4S/c23-13-2-6-19(17(9-13)22(29)30)26-21(28)16-11-15(4-5-18(16)24)32(31)27-8-7-12-1-3-14(25)10-20(12)27/h1-6,9-11H,7-8H2,(H,26,28)(H,29,30). The number of halogens is 3. The Morgan fingerprint density at radius 1 is 1.03 bits per heavy atom. The van der Waals surface area contributed by atoms with Crippen LogP contribution in [0.5, 0.6) is 0 Å². The molecular weight excluding hydrogens is 584 g/mol. The number of carboxylic acid groups (broad SMARTS) is 1. The highest BCUT2D eigenvalue weighted by Gasteiger charge is 2.26. The molecule has 0 fully saturated rings. The third kappa shape index (κ3) is 4.61. The van der Waals surface area contributed by atoms with E-state index in [0.29, 0.717) is 25.4 Å². The predicted molar refractivity (Wildman–Crippen MR) is 132 cm³/mol. The SMILES string of the molecule is O=C(Nc1ccc(Br)cc1C(=O)O)c1cc(S(=O)N2CCc3ccc(Cl)cc32)ccc1Br. The summed E-state index contributed by atoms with van der Waals surface area (Å²) in [5.74, 6) is -1.69. The van der Waals surface area contributed by atoms with Crippen molar-refractivity contribution in [2.24, 2.45) is 0 Å². The van der Waals surface area contributed by atoms with Crippen LogP contribution in [0.3, 0.4) is 0 Å². The van der Waals surface area contributed by atoms with E-state index in [1.54, 1.807) is 28.6 Å². The maximum atomic E-state index is 13.3. The molecule has 2 N–H and O–H groups in total. The molecule has 3 aromatic carbocycles. The number of carbonyl (C=O) groups is 2. The first kappa shape index (κ1) is 23.0. The molecule has 0 saturated heterocycles. The van der Waals surface area contributed by atoms with Gasteiger partial charge in [0.1, 0.15) is 0 Å². The summed E-state index contributed by atoms with van der Waals surface area (Å²) < 4.78 is 16.1. The van der Waals surface area contributed by atoms with Gasteiger partial charge in [-0.1, -0.05) is 33.6 Å². The van der Waals surface area contributed by atoms with Crippen LogP contribution < -0.4 is 9.62 Å². The first-order chi connectivity index (χ1) is 15.2. The number of aromatic carboxylic acids is 1. The van der Waals surface area contributed by atoms with Gasteiger partial charge in [0.2, 0.25) is 0 Å². The molecule has 0 saturated carbocycles. The van der Waals surface area contributed by atoms with Crippen LogP contribution in [0.4, 0.5) is 11.4 Å². The number of amides is 1. The molecule has 1 atom stereocenters. The minimum absolute atomic E-state index is 0.0471. The van der Waals surface area contributed by atoms with Gasteiger partial charge in [-0.2, -0.15) is 0 Å². The molecule has 1 heterocycles. The van der Waals surface area contributed by atoms with E-state index >= 15 is 0 Å². The zero-order chi connectivity index (χ0) is 23.0. The van der Waals surface area contributed by atoms with Gasteiger partial charge in [-0.15, -0.1) is 0 Å². The lowest BCUT2D eigenvalue weighted by molar-refractivity contribution is 0.0698. The maximum absolute atomic E-state index is 13.3. The normalized spacial score (nSPS) is 13.5. The van der Waals surface area contributed by atoms with Crippen LogP contribution in [0.25, 0.3) is 0 Å². The van der Waals surface area contributed by atoms with Crippen molar-refractivity contribution in [2.45, 2.75) is 11.3 Å². The Balaban J connectivity index is 1.63. The first-order valence-corrected chi connectivity index (χ1v) is 12.4. The largest absolute Gasteiger partial charge is 0.478 e. The Morgan fingerprint density at radius 3 is 2.56 bits per heavy atom. The lowest BCUT2D eigenvalue weighted by atomic mass is 10.1. The summed E-state index contributed by atoms with van der Waals surface area (Å²) in [6, 6.07) is 14.9. The summed E-state index contributed by atoms with van der Waals surface area (Å²) in [6.07, 6.45) is 0.754. The van der Waals surface area contributed by atoms with Crippen molar-refractivity contribution in [3.05, 3.63) is 85.3 Å². The molecule has 32 heavy (non-hydrogen) atoms. The van der Waals surface area contributed by atoms with E-state index in [1.165, 1.54) is 18.2 Å². The Morgan fingerprint density at radius 2 is 1.81 bits per heavy atom. The van der Waals surface area contributed by atoms with Crippen molar-refractivity contribution in [1.82, 2.24) is 0 Å². The van der Waals surface area contributed by atoms with Crippen molar-refractivity contribution in [1.29, 1.82) is 0 Å². The van der Waals surface area contributed by atoms with Gasteiger partial charge in [-0.05, 0) is 76.4 Å². The van der Waals surface area contributed by atoms with Crippen molar-refractivity contribution >= 4 is 77.7 Å². The summed E-state index contributed by atoms with van der Waals surface area (Å²) in [5, 5.41) is 12.6. The second-order valence-electron chi connectivity index (χ2n) is 6.97. The second kappa shape index (κ2) is 9.35. The van der Waals surface area contributed by atoms with Crippen molar-refractivity contribution in [3.63, 3.8) is 0 Å². The molecule has 0 aliphatic carbocycles. The number of rotatable bonds is 5. The highest BCUT2D eigenvalue weighted by atomic mass is 79.9. The molecule has 1 aliphatic heterocycles. The van der Waals surface area contributed by atoms with Gasteiger partial charge in [0, 0.05) is 20.5 Å². The van der Waals surface area contributed by atoms with Gasteiger partial charge in [-0.25, -0.2) is 9.00 Å². The molecule has 1 unspecified atom stereocenters. The fraction of sp³-hybridized carbons (Fsp3) is 0.0909. The first-order valence-electron chi connectivity index (χ1n) is 9.36. The van der Waals surface area contributed by atoms with Crippen LogP contribution in [0, 0.1) is 0 Å². The zero-order valence-corrected chi connectivity index (χ0v) is 21.0. The van der Waals surface area contributed by atoms with E-state index in [2.05, 4.69) is 37.2 Å². The predicted octanol–water partition coefficient (Wildman–Crippen LogP) is 5.90. The molecule has 4 rings (SSSR count). The number of fused-ring (bicyclic) bond motifs is 1. The molecule has 1 aliphatic rings. The highest BCUT2D eigenvalue weighted by Crippen LogP contribution is 2.34. The van der Waals surface area contributed by atoms with E-state index in [1.807, 2.05) is 12.1 Å². The van der Waals surface area contributed by atoms with Crippen molar-refractivity contribution in [2.75, 3.05) is 16.2 Å². The molecule has 0 radical (unpaired) electrons. The number of carboxylic acids is 1. The number of hydrogen-bond acceptors (Lipinski definition) is 3. The van der Waals surface area contributed by atoms with E-state index < -0.39 is 22.9 Å². The van der Waals surface area contributed by atoms with Gasteiger partial charge in [0.25, 0.3) is 5.91 Å². The molecule has 0 spiro atoms. The van der Waals surface area contributed by atoms with Gasteiger partial charge in [0.15, 0.2) is 11.0 Å².